The van der Waals surface area contributed by atoms with Crippen molar-refractivity contribution in [1.29, 1.82) is 0 Å². The fourth-order valence-electron chi connectivity index (χ4n) is 2.31. The Hall–Kier alpha value is -1.09. The summed E-state index contributed by atoms with van der Waals surface area (Å²) < 4.78 is 12.9. The van der Waals surface area contributed by atoms with Gasteiger partial charge in [0.2, 0.25) is 0 Å². The molecule has 2 N–H and O–H groups in total. The summed E-state index contributed by atoms with van der Waals surface area (Å²) in [6.07, 6.45) is 1.22. The van der Waals surface area contributed by atoms with E-state index in [2.05, 4.69) is 18.7 Å². The minimum absolute atomic E-state index is 0.261. The molecule has 0 aliphatic carbocycles. The van der Waals surface area contributed by atoms with E-state index >= 15 is 0 Å². The fraction of sp³-hybridized carbons (Fsp3) is 0.538. The van der Waals surface area contributed by atoms with Gasteiger partial charge in [0.25, 0.3) is 0 Å². The van der Waals surface area contributed by atoms with Crippen LogP contribution in [-0.2, 0) is 6.54 Å². The maximum absolute atomic E-state index is 12.9. The Kier molecular flexibility index (Phi) is 2.89. The molecule has 2 nitrogen and oxygen atoms in total. The lowest BCUT2D eigenvalue weighted by molar-refractivity contribution is 0.285. The summed E-state index contributed by atoms with van der Waals surface area (Å²) >= 11 is 0. The van der Waals surface area contributed by atoms with Crippen molar-refractivity contribution in [2.75, 3.05) is 18.8 Å². The van der Waals surface area contributed by atoms with Gasteiger partial charge in [-0.15, -0.1) is 0 Å². The molecule has 0 unspecified atom stereocenters. The number of hydrogen-bond acceptors (Lipinski definition) is 2. The summed E-state index contributed by atoms with van der Waals surface area (Å²) in [5.41, 5.74) is 7.78. The normalized spacial score (nSPS) is 20.2. The van der Waals surface area contributed by atoms with Gasteiger partial charge in [-0.2, -0.15) is 0 Å². The number of likely N-dealkylation sites (tertiary alicyclic amines) is 1. The van der Waals surface area contributed by atoms with Crippen LogP contribution in [0.3, 0.4) is 0 Å². The van der Waals surface area contributed by atoms with Gasteiger partial charge in [-0.05, 0) is 36.1 Å². The SMILES string of the molecule is CC1(C)CCN(Cc2ccc(F)cc2N)C1. The molecule has 0 bridgehead atoms. The number of benzene rings is 1. The van der Waals surface area contributed by atoms with Gasteiger partial charge in [0, 0.05) is 18.8 Å². The highest BCUT2D eigenvalue weighted by Crippen LogP contribution is 2.30. The van der Waals surface area contributed by atoms with E-state index in [0.717, 1.165) is 25.2 Å². The van der Waals surface area contributed by atoms with Gasteiger partial charge in [0.05, 0.1) is 0 Å². The van der Waals surface area contributed by atoms with Crippen LogP contribution in [0.2, 0.25) is 0 Å². The maximum atomic E-state index is 12.9. The first kappa shape index (κ1) is 11.4. The van der Waals surface area contributed by atoms with Gasteiger partial charge in [0.1, 0.15) is 5.82 Å². The van der Waals surface area contributed by atoms with Gasteiger partial charge in [-0.3, -0.25) is 4.90 Å². The van der Waals surface area contributed by atoms with E-state index in [9.17, 15) is 4.39 Å². The van der Waals surface area contributed by atoms with Crippen LogP contribution in [0.15, 0.2) is 18.2 Å². The average Bonchev–Trinajstić information content (AvgIpc) is 2.51. The standard InChI is InChI=1S/C13H19FN2/c1-13(2)5-6-16(9-13)8-10-3-4-11(14)7-12(10)15/h3-4,7H,5-6,8-9,15H2,1-2H3. The molecule has 1 aliphatic heterocycles. The number of nitrogens with zero attached hydrogens (tertiary/aromatic N) is 1. The highest BCUT2D eigenvalue weighted by molar-refractivity contribution is 5.46. The van der Waals surface area contributed by atoms with Crippen LogP contribution >= 0.6 is 0 Å². The molecule has 3 heteroatoms. The second-order valence-corrected chi connectivity index (χ2v) is 5.47. The largest absolute Gasteiger partial charge is 0.398 e. The predicted molar refractivity (Wildman–Crippen MR) is 64.5 cm³/mol. The van der Waals surface area contributed by atoms with E-state index in [4.69, 9.17) is 5.73 Å². The monoisotopic (exact) mass is 222 g/mol. The first-order chi connectivity index (χ1) is 7.46. The van der Waals surface area contributed by atoms with Gasteiger partial charge < -0.3 is 5.73 Å². The van der Waals surface area contributed by atoms with Crippen molar-refractivity contribution < 1.29 is 4.39 Å². The molecule has 0 radical (unpaired) electrons. The Morgan fingerprint density at radius 2 is 2.19 bits per heavy atom. The van der Waals surface area contributed by atoms with Crippen molar-refractivity contribution in [3.8, 4) is 0 Å². The number of hydrogen-bond donors (Lipinski definition) is 1. The Labute approximate surface area is 96.2 Å². The number of halogens is 1. The Balaban J connectivity index is 2.05. The fourth-order valence-corrected chi connectivity index (χ4v) is 2.31. The molecule has 1 heterocycles. The number of rotatable bonds is 2. The topological polar surface area (TPSA) is 29.3 Å². The van der Waals surface area contributed by atoms with Gasteiger partial charge >= 0.3 is 0 Å². The van der Waals surface area contributed by atoms with E-state index in [1.165, 1.54) is 18.6 Å². The minimum atomic E-state index is -0.261. The van der Waals surface area contributed by atoms with Crippen LogP contribution in [0.25, 0.3) is 0 Å². The lowest BCUT2D eigenvalue weighted by atomic mass is 9.93. The van der Waals surface area contributed by atoms with Crippen LogP contribution in [0.5, 0.6) is 0 Å². The van der Waals surface area contributed by atoms with Crippen LogP contribution in [0, 0.1) is 11.2 Å². The average molecular weight is 222 g/mol. The van der Waals surface area contributed by atoms with E-state index in [0.29, 0.717) is 11.1 Å². The second-order valence-electron chi connectivity index (χ2n) is 5.47. The van der Waals surface area contributed by atoms with Crippen LogP contribution in [0.1, 0.15) is 25.8 Å². The molecule has 1 aliphatic rings. The highest BCUT2D eigenvalue weighted by Gasteiger charge is 2.29. The van der Waals surface area contributed by atoms with E-state index in [1.807, 2.05) is 0 Å². The first-order valence-corrected chi connectivity index (χ1v) is 5.73. The van der Waals surface area contributed by atoms with E-state index in [-0.39, 0.29) is 5.82 Å². The lowest BCUT2D eigenvalue weighted by Crippen LogP contribution is -2.23. The smallest absolute Gasteiger partial charge is 0.125 e. The molecule has 1 fully saturated rings. The summed E-state index contributed by atoms with van der Waals surface area (Å²) in [7, 11) is 0. The molecule has 1 saturated heterocycles. The third kappa shape index (κ3) is 2.53. The van der Waals surface area contributed by atoms with Gasteiger partial charge in [-0.1, -0.05) is 19.9 Å². The molecule has 1 aromatic carbocycles. The highest BCUT2D eigenvalue weighted by atomic mass is 19.1. The van der Waals surface area contributed by atoms with Crippen molar-refractivity contribution in [2.45, 2.75) is 26.8 Å². The lowest BCUT2D eigenvalue weighted by Gasteiger charge is -2.20. The molecule has 16 heavy (non-hydrogen) atoms. The third-order valence-electron chi connectivity index (χ3n) is 3.26. The van der Waals surface area contributed by atoms with Crippen LogP contribution < -0.4 is 5.73 Å². The number of nitrogen functional groups attached to an aromatic ring is 1. The molecular weight excluding hydrogens is 203 g/mol. The molecule has 2 rings (SSSR count). The summed E-state index contributed by atoms with van der Waals surface area (Å²) in [6, 6.07) is 4.67. The molecule has 1 aromatic rings. The van der Waals surface area contributed by atoms with E-state index < -0.39 is 0 Å². The first-order valence-electron chi connectivity index (χ1n) is 5.73. The second kappa shape index (κ2) is 4.06. The zero-order valence-corrected chi connectivity index (χ0v) is 9.96. The Morgan fingerprint density at radius 1 is 1.44 bits per heavy atom. The predicted octanol–water partition coefficient (Wildman–Crippen LogP) is 2.64. The molecule has 0 atom stereocenters. The number of anilines is 1. The molecular formula is C13H19FN2. The van der Waals surface area contributed by atoms with Crippen molar-refractivity contribution in [3.63, 3.8) is 0 Å². The summed E-state index contributed by atoms with van der Waals surface area (Å²) in [5.74, 6) is -0.261. The van der Waals surface area contributed by atoms with E-state index in [1.54, 1.807) is 6.07 Å². The zero-order chi connectivity index (χ0) is 11.8. The molecule has 0 aromatic heterocycles. The molecule has 0 amide bonds. The molecule has 88 valence electrons. The van der Waals surface area contributed by atoms with Crippen LogP contribution in [-0.4, -0.2) is 18.0 Å². The number of nitrogens with two attached hydrogens (primary N) is 1. The summed E-state index contributed by atoms with van der Waals surface area (Å²) in [5, 5.41) is 0. The Morgan fingerprint density at radius 3 is 2.75 bits per heavy atom. The summed E-state index contributed by atoms with van der Waals surface area (Å²) in [4.78, 5) is 2.38. The van der Waals surface area contributed by atoms with Crippen molar-refractivity contribution in [3.05, 3.63) is 29.6 Å². The van der Waals surface area contributed by atoms with Crippen molar-refractivity contribution >= 4 is 5.69 Å². The van der Waals surface area contributed by atoms with Gasteiger partial charge in [-0.25, -0.2) is 4.39 Å². The molecule has 0 saturated carbocycles. The zero-order valence-electron chi connectivity index (χ0n) is 9.96. The van der Waals surface area contributed by atoms with Gasteiger partial charge in [0.15, 0.2) is 0 Å². The van der Waals surface area contributed by atoms with Crippen molar-refractivity contribution in [2.24, 2.45) is 5.41 Å². The minimum Gasteiger partial charge on any atom is -0.398 e. The Bertz CT molecular complexity index is 388. The third-order valence-corrected chi connectivity index (χ3v) is 3.26. The van der Waals surface area contributed by atoms with Crippen LogP contribution in [0.4, 0.5) is 10.1 Å². The van der Waals surface area contributed by atoms with Crippen molar-refractivity contribution in [1.82, 2.24) is 4.90 Å². The molecule has 0 spiro atoms. The summed E-state index contributed by atoms with van der Waals surface area (Å²) in [6.45, 7) is 7.57. The maximum Gasteiger partial charge on any atom is 0.125 e. The quantitative estimate of drug-likeness (QED) is 0.779.